The highest BCUT2D eigenvalue weighted by Crippen LogP contribution is 2.26. The van der Waals surface area contributed by atoms with Gasteiger partial charge in [-0.15, -0.1) is 11.8 Å². The number of thioether (sulfide) groups is 1. The van der Waals surface area contributed by atoms with Crippen LogP contribution in [0.25, 0.3) is 0 Å². The van der Waals surface area contributed by atoms with Gasteiger partial charge in [0, 0.05) is 15.4 Å². The SMILES string of the molecule is CSc1ccc(C(C)Nc2cc(Br)ccc2F)cc1. The summed E-state index contributed by atoms with van der Waals surface area (Å²) >= 11 is 5.06. The van der Waals surface area contributed by atoms with Gasteiger partial charge in [-0.25, -0.2) is 4.39 Å². The first kappa shape index (κ1) is 14.4. The molecule has 0 bridgehead atoms. The van der Waals surface area contributed by atoms with E-state index in [0.29, 0.717) is 5.69 Å². The first-order valence-electron chi connectivity index (χ1n) is 5.95. The lowest BCUT2D eigenvalue weighted by atomic mass is 10.1. The molecule has 0 heterocycles. The van der Waals surface area contributed by atoms with Gasteiger partial charge < -0.3 is 5.32 Å². The Labute approximate surface area is 125 Å². The third kappa shape index (κ3) is 3.74. The molecule has 1 N–H and O–H groups in total. The Morgan fingerprint density at radius 2 is 1.84 bits per heavy atom. The molecule has 2 aromatic carbocycles. The number of rotatable bonds is 4. The summed E-state index contributed by atoms with van der Waals surface area (Å²) < 4.78 is 14.5. The minimum Gasteiger partial charge on any atom is -0.376 e. The van der Waals surface area contributed by atoms with Crippen molar-refractivity contribution in [3.8, 4) is 0 Å². The van der Waals surface area contributed by atoms with Crippen molar-refractivity contribution in [3.05, 3.63) is 58.3 Å². The van der Waals surface area contributed by atoms with Gasteiger partial charge in [0.2, 0.25) is 0 Å². The van der Waals surface area contributed by atoms with Crippen molar-refractivity contribution < 1.29 is 4.39 Å². The zero-order valence-corrected chi connectivity index (χ0v) is 13.2. The third-order valence-corrected chi connectivity index (χ3v) is 4.15. The quantitative estimate of drug-likeness (QED) is 0.740. The molecule has 0 radical (unpaired) electrons. The van der Waals surface area contributed by atoms with Crippen molar-refractivity contribution in [1.82, 2.24) is 0 Å². The van der Waals surface area contributed by atoms with Crippen molar-refractivity contribution in [2.24, 2.45) is 0 Å². The standard InChI is InChI=1S/C15H15BrFNS/c1-10(11-3-6-13(19-2)7-4-11)18-15-9-12(16)5-8-14(15)17/h3-10,18H,1-2H3. The van der Waals surface area contributed by atoms with Crippen molar-refractivity contribution in [3.63, 3.8) is 0 Å². The van der Waals surface area contributed by atoms with Gasteiger partial charge in [-0.3, -0.25) is 0 Å². The van der Waals surface area contributed by atoms with Crippen LogP contribution in [0, 0.1) is 5.82 Å². The summed E-state index contributed by atoms with van der Waals surface area (Å²) in [4.78, 5) is 1.23. The number of hydrogen-bond acceptors (Lipinski definition) is 2. The maximum Gasteiger partial charge on any atom is 0.146 e. The minimum atomic E-state index is -0.240. The summed E-state index contributed by atoms with van der Waals surface area (Å²) in [6.45, 7) is 2.02. The summed E-state index contributed by atoms with van der Waals surface area (Å²) in [5.41, 5.74) is 1.65. The van der Waals surface area contributed by atoms with Crippen LogP contribution < -0.4 is 5.32 Å². The minimum absolute atomic E-state index is 0.0553. The fourth-order valence-electron chi connectivity index (χ4n) is 1.82. The molecule has 100 valence electrons. The van der Waals surface area contributed by atoms with Gasteiger partial charge in [0.05, 0.1) is 5.69 Å². The number of anilines is 1. The van der Waals surface area contributed by atoms with Crippen LogP contribution >= 0.6 is 27.7 Å². The van der Waals surface area contributed by atoms with Gasteiger partial charge in [-0.05, 0) is 49.1 Å². The van der Waals surface area contributed by atoms with Crippen molar-refractivity contribution in [2.75, 3.05) is 11.6 Å². The zero-order valence-electron chi connectivity index (χ0n) is 10.8. The maximum absolute atomic E-state index is 13.7. The van der Waals surface area contributed by atoms with E-state index in [4.69, 9.17) is 0 Å². The van der Waals surface area contributed by atoms with Gasteiger partial charge in [-0.1, -0.05) is 28.1 Å². The summed E-state index contributed by atoms with van der Waals surface area (Å²) in [6, 6.07) is 13.2. The molecule has 0 saturated carbocycles. The van der Waals surface area contributed by atoms with Gasteiger partial charge in [0.25, 0.3) is 0 Å². The number of halogens is 2. The van der Waals surface area contributed by atoms with E-state index in [1.54, 1.807) is 23.9 Å². The Morgan fingerprint density at radius 1 is 1.16 bits per heavy atom. The summed E-state index contributed by atoms with van der Waals surface area (Å²) in [7, 11) is 0. The first-order chi connectivity index (χ1) is 9.10. The van der Waals surface area contributed by atoms with Gasteiger partial charge in [-0.2, -0.15) is 0 Å². The second-order valence-electron chi connectivity index (χ2n) is 4.26. The van der Waals surface area contributed by atoms with Gasteiger partial charge in [0.1, 0.15) is 5.82 Å². The van der Waals surface area contributed by atoms with E-state index in [1.165, 1.54) is 11.0 Å². The average molecular weight is 340 g/mol. The molecule has 1 nitrogen and oxygen atoms in total. The lowest BCUT2D eigenvalue weighted by Crippen LogP contribution is -2.07. The Hall–Kier alpha value is -1.00. The molecular formula is C15H15BrFNS. The van der Waals surface area contributed by atoms with Crippen LogP contribution in [0.3, 0.4) is 0 Å². The third-order valence-electron chi connectivity index (χ3n) is 2.92. The van der Waals surface area contributed by atoms with E-state index < -0.39 is 0 Å². The van der Waals surface area contributed by atoms with E-state index in [-0.39, 0.29) is 11.9 Å². The van der Waals surface area contributed by atoms with Crippen LogP contribution in [0.1, 0.15) is 18.5 Å². The molecule has 19 heavy (non-hydrogen) atoms. The monoisotopic (exact) mass is 339 g/mol. The first-order valence-corrected chi connectivity index (χ1v) is 7.97. The second-order valence-corrected chi connectivity index (χ2v) is 6.06. The Balaban J connectivity index is 2.15. The Bertz CT molecular complexity index is 557. The molecule has 4 heteroatoms. The molecule has 2 aromatic rings. The van der Waals surface area contributed by atoms with Crippen LogP contribution in [-0.4, -0.2) is 6.26 Å². The average Bonchev–Trinajstić information content (AvgIpc) is 2.43. The highest BCUT2D eigenvalue weighted by molar-refractivity contribution is 9.10. The molecule has 0 aromatic heterocycles. The predicted octanol–water partition coefficient (Wildman–Crippen LogP) is 5.48. The fraction of sp³-hybridized carbons (Fsp3) is 0.200. The molecule has 0 aliphatic carbocycles. The van der Waals surface area contributed by atoms with Gasteiger partial charge >= 0.3 is 0 Å². The summed E-state index contributed by atoms with van der Waals surface area (Å²) in [6.07, 6.45) is 2.05. The van der Waals surface area contributed by atoms with Crippen molar-refractivity contribution >= 4 is 33.4 Å². The van der Waals surface area contributed by atoms with E-state index in [1.807, 2.05) is 13.2 Å². The molecule has 1 atom stereocenters. The highest BCUT2D eigenvalue weighted by atomic mass is 79.9. The van der Waals surface area contributed by atoms with Crippen LogP contribution in [0.15, 0.2) is 51.8 Å². The van der Waals surface area contributed by atoms with E-state index >= 15 is 0 Å². The van der Waals surface area contributed by atoms with Crippen LogP contribution in [0.4, 0.5) is 10.1 Å². The topological polar surface area (TPSA) is 12.0 Å². The highest BCUT2D eigenvalue weighted by Gasteiger charge is 2.09. The van der Waals surface area contributed by atoms with E-state index in [0.717, 1.165) is 10.0 Å². The maximum atomic E-state index is 13.7. The molecule has 1 unspecified atom stereocenters. The van der Waals surface area contributed by atoms with Gasteiger partial charge in [0.15, 0.2) is 0 Å². The molecule has 2 rings (SSSR count). The fourth-order valence-corrected chi connectivity index (χ4v) is 2.59. The number of nitrogens with one attached hydrogen (secondary N) is 1. The normalized spacial score (nSPS) is 12.2. The smallest absolute Gasteiger partial charge is 0.146 e. The van der Waals surface area contributed by atoms with Crippen molar-refractivity contribution in [2.45, 2.75) is 17.9 Å². The van der Waals surface area contributed by atoms with Crippen LogP contribution in [0.5, 0.6) is 0 Å². The molecule has 0 aliphatic heterocycles. The number of benzene rings is 2. The summed E-state index contributed by atoms with van der Waals surface area (Å²) in [5.74, 6) is -0.240. The van der Waals surface area contributed by atoms with E-state index in [2.05, 4.69) is 45.5 Å². The number of hydrogen-bond donors (Lipinski definition) is 1. The largest absolute Gasteiger partial charge is 0.376 e. The van der Waals surface area contributed by atoms with Crippen LogP contribution in [-0.2, 0) is 0 Å². The molecule has 0 amide bonds. The van der Waals surface area contributed by atoms with Crippen molar-refractivity contribution in [1.29, 1.82) is 0 Å². The lowest BCUT2D eigenvalue weighted by Gasteiger charge is -2.16. The Morgan fingerprint density at radius 3 is 2.47 bits per heavy atom. The molecule has 0 fully saturated rings. The Kier molecular flexibility index (Phi) is 4.88. The lowest BCUT2D eigenvalue weighted by molar-refractivity contribution is 0.627. The molecule has 0 spiro atoms. The zero-order chi connectivity index (χ0) is 13.8. The van der Waals surface area contributed by atoms with Crippen LogP contribution in [0.2, 0.25) is 0 Å². The predicted molar refractivity (Wildman–Crippen MR) is 84.4 cm³/mol. The van der Waals surface area contributed by atoms with E-state index in [9.17, 15) is 4.39 Å². The summed E-state index contributed by atoms with van der Waals surface area (Å²) in [5, 5.41) is 3.19. The molecular weight excluding hydrogens is 325 g/mol. The second kappa shape index (κ2) is 6.44. The molecule has 0 saturated heterocycles. The molecule has 0 aliphatic rings.